The second-order valence-corrected chi connectivity index (χ2v) is 3.84. The van der Waals surface area contributed by atoms with E-state index in [1.54, 1.807) is 0 Å². The van der Waals surface area contributed by atoms with Crippen molar-refractivity contribution in [1.82, 2.24) is 0 Å². The average Bonchev–Trinajstić information content (AvgIpc) is 2.24. The molecule has 0 bridgehead atoms. The standard InChI is InChI=1S/C10H16O3/c1-10(7-4-8-11)6-3-2-5-9(12)13-10/h8H,2-7H2,1H3/t10-/m0/s1. The third-order valence-corrected chi connectivity index (χ3v) is 2.49. The van der Waals surface area contributed by atoms with Crippen molar-refractivity contribution >= 4 is 12.3 Å². The summed E-state index contributed by atoms with van der Waals surface area (Å²) in [6.45, 7) is 1.92. The minimum atomic E-state index is -0.394. The lowest BCUT2D eigenvalue weighted by molar-refractivity contribution is -0.157. The van der Waals surface area contributed by atoms with Gasteiger partial charge in [0.15, 0.2) is 0 Å². The van der Waals surface area contributed by atoms with Crippen LogP contribution in [0.4, 0.5) is 0 Å². The van der Waals surface area contributed by atoms with Gasteiger partial charge in [-0.05, 0) is 32.6 Å². The summed E-state index contributed by atoms with van der Waals surface area (Å²) in [6.07, 6.45) is 5.34. The van der Waals surface area contributed by atoms with E-state index in [9.17, 15) is 9.59 Å². The largest absolute Gasteiger partial charge is 0.459 e. The predicted octanol–water partition coefficient (Wildman–Crippen LogP) is 1.84. The summed E-state index contributed by atoms with van der Waals surface area (Å²) in [5.74, 6) is -0.120. The smallest absolute Gasteiger partial charge is 0.306 e. The van der Waals surface area contributed by atoms with Gasteiger partial charge in [-0.1, -0.05) is 0 Å². The fraction of sp³-hybridized carbons (Fsp3) is 0.800. The van der Waals surface area contributed by atoms with Crippen molar-refractivity contribution in [2.75, 3.05) is 0 Å². The zero-order valence-corrected chi connectivity index (χ0v) is 8.04. The van der Waals surface area contributed by atoms with Crippen LogP contribution >= 0.6 is 0 Å². The number of carbonyl (C=O) groups excluding carboxylic acids is 2. The van der Waals surface area contributed by atoms with Crippen molar-refractivity contribution in [3.8, 4) is 0 Å². The fourth-order valence-electron chi connectivity index (χ4n) is 1.69. The van der Waals surface area contributed by atoms with Crippen LogP contribution in [-0.2, 0) is 14.3 Å². The zero-order chi connectivity index (χ0) is 9.73. The molecule has 74 valence electrons. The fourth-order valence-corrected chi connectivity index (χ4v) is 1.69. The van der Waals surface area contributed by atoms with Crippen LogP contribution in [0.15, 0.2) is 0 Å². The van der Waals surface area contributed by atoms with Gasteiger partial charge in [-0.25, -0.2) is 0 Å². The normalized spacial score (nSPS) is 29.2. The summed E-state index contributed by atoms with van der Waals surface area (Å²) in [5.41, 5.74) is -0.394. The van der Waals surface area contributed by atoms with E-state index in [4.69, 9.17) is 4.74 Å². The molecule has 0 spiro atoms. The Morgan fingerprint density at radius 1 is 1.54 bits per heavy atom. The lowest BCUT2D eigenvalue weighted by atomic mass is 9.94. The molecule has 0 aromatic rings. The number of carbonyl (C=O) groups is 2. The molecule has 1 rings (SSSR count). The van der Waals surface area contributed by atoms with E-state index in [0.29, 0.717) is 19.3 Å². The van der Waals surface area contributed by atoms with E-state index in [-0.39, 0.29) is 5.97 Å². The highest BCUT2D eigenvalue weighted by molar-refractivity contribution is 5.70. The highest BCUT2D eigenvalue weighted by Crippen LogP contribution is 2.28. The zero-order valence-electron chi connectivity index (χ0n) is 8.04. The van der Waals surface area contributed by atoms with Gasteiger partial charge in [-0.15, -0.1) is 0 Å². The molecule has 0 aromatic carbocycles. The molecule has 1 fully saturated rings. The Morgan fingerprint density at radius 3 is 3.00 bits per heavy atom. The molecule has 0 aliphatic carbocycles. The SMILES string of the molecule is C[C@@]1(CCC=O)CCCCC(=O)O1. The van der Waals surface area contributed by atoms with Crippen LogP contribution in [0.5, 0.6) is 0 Å². The number of rotatable bonds is 3. The molecule has 3 heteroatoms. The van der Waals surface area contributed by atoms with E-state index >= 15 is 0 Å². The highest BCUT2D eigenvalue weighted by Gasteiger charge is 2.29. The van der Waals surface area contributed by atoms with Crippen molar-refractivity contribution in [1.29, 1.82) is 0 Å². The Hall–Kier alpha value is -0.860. The number of hydrogen-bond acceptors (Lipinski definition) is 3. The summed E-state index contributed by atoms with van der Waals surface area (Å²) in [6, 6.07) is 0. The predicted molar refractivity (Wildman–Crippen MR) is 48.3 cm³/mol. The van der Waals surface area contributed by atoms with Crippen molar-refractivity contribution < 1.29 is 14.3 Å². The van der Waals surface area contributed by atoms with Gasteiger partial charge < -0.3 is 9.53 Å². The Balaban J connectivity index is 2.52. The molecule has 0 radical (unpaired) electrons. The minimum absolute atomic E-state index is 0.120. The van der Waals surface area contributed by atoms with Crippen LogP contribution in [-0.4, -0.2) is 17.9 Å². The van der Waals surface area contributed by atoms with E-state index in [1.165, 1.54) is 0 Å². The maximum atomic E-state index is 11.2. The van der Waals surface area contributed by atoms with Gasteiger partial charge in [0.2, 0.25) is 0 Å². The van der Waals surface area contributed by atoms with Gasteiger partial charge in [-0.2, -0.15) is 0 Å². The Bertz CT molecular complexity index is 200. The van der Waals surface area contributed by atoms with Gasteiger partial charge in [-0.3, -0.25) is 4.79 Å². The second kappa shape index (κ2) is 4.40. The Kier molecular flexibility index (Phi) is 3.46. The van der Waals surface area contributed by atoms with E-state index in [1.807, 2.05) is 6.92 Å². The molecule has 0 N–H and O–H groups in total. The molecule has 3 nitrogen and oxygen atoms in total. The van der Waals surface area contributed by atoms with Crippen LogP contribution < -0.4 is 0 Å². The van der Waals surface area contributed by atoms with E-state index in [0.717, 1.165) is 25.5 Å². The van der Waals surface area contributed by atoms with E-state index < -0.39 is 5.60 Å². The summed E-state index contributed by atoms with van der Waals surface area (Å²) in [7, 11) is 0. The Morgan fingerprint density at radius 2 is 2.31 bits per heavy atom. The second-order valence-electron chi connectivity index (χ2n) is 3.84. The molecular formula is C10H16O3. The van der Waals surface area contributed by atoms with Crippen LogP contribution in [0.2, 0.25) is 0 Å². The molecule has 13 heavy (non-hydrogen) atoms. The number of hydrogen-bond donors (Lipinski definition) is 0. The first kappa shape index (κ1) is 10.2. The maximum Gasteiger partial charge on any atom is 0.306 e. The molecule has 1 aliphatic rings. The first-order valence-corrected chi connectivity index (χ1v) is 4.82. The number of cyclic esters (lactones) is 1. The molecule has 1 aliphatic heterocycles. The van der Waals surface area contributed by atoms with Crippen LogP contribution in [0.25, 0.3) is 0 Å². The minimum Gasteiger partial charge on any atom is -0.459 e. The molecule has 1 atom stereocenters. The van der Waals surface area contributed by atoms with Gasteiger partial charge in [0, 0.05) is 12.8 Å². The molecular weight excluding hydrogens is 168 g/mol. The van der Waals surface area contributed by atoms with Crippen molar-refractivity contribution in [3.63, 3.8) is 0 Å². The summed E-state index contributed by atoms with van der Waals surface area (Å²) in [4.78, 5) is 21.4. The van der Waals surface area contributed by atoms with E-state index in [2.05, 4.69) is 0 Å². The highest BCUT2D eigenvalue weighted by atomic mass is 16.6. The van der Waals surface area contributed by atoms with Crippen molar-refractivity contribution in [3.05, 3.63) is 0 Å². The molecule has 0 aromatic heterocycles. The Labute approximate surface area is 78.5 Å². The topological polar surface area (TPSA) is 43.4 Å². The van der Waals surface area contributed by atoms with Crippen LogP contribution in [0.3, 0.4) is 0 Å². The summed E-state index contributed by atoms with van der Waals surface area (Å²) in [5, 5.41) is 0. The lowest BCUT2D eigenvalue weighted by Gasteiger charge is -2.26. The quantitative estimate of drug-likeness (QED) is 0.496. The van der Waals surface area contributed by atoms with Crippen LogP contribution in [0.1, 0.15) is 45.4 Å². The third kappa shape index (κ3) is 3.17. The number of ether oxygens (including phenoxy) is 1. The third-order valence-electron chi connectivity index (χ3n) is 2.49. The van der Waals surface area contributed by atoms with Gasteiger partial charge in [0.1, 0.15) is 11.9 Å². The van der Waals surface area contributed by atoms with Gasteiger partial charge in [0.05, 0.1) is 0 Å². The van der Waals surface area contributed by atoms with Crippen LogP contribution in [0, 0.1) is 0 Å². The molecule has 0 amide bonds. The number of esters is 1. The summed E-state index contributed by atoms with van der Waals surface area (Å²) >= 11 is 0. The molecule has 1 saturated heterocycles. The maximum absolute atomic E-state index is 11.2. The van der Waals surface area contributed by atoms with Crippen molar-refractivity contribution in [2.24, 2.45) is 0 Å². The molecule has 0 saturated carbocycles. The monoisotopic (exact) mass is 184 g/mol. The summed E-state index contributed by atoms with van der Waals surface area (Å²) < 4.78 is 5.30. The lowest BCUT2D eigenvalue weighted by Crippen LogP contribution is -2.30. The molecule has 0 unspecified atom stereocenters. The first-order chi connectivity index (χ1) is 6.16. The van der Waals surface area contributed by atoms with Crippen molar-refractivity contribution in [2.45, 2.75) is 51.0 Å². The number of aldehydes is 1. The van der Waals surface area contributed by atoms with Gasteiger partial charge in [0.25, 0.3) is 0 Å². The molecule has 1 heterocycles. The van der Waals surface area contributed by atoms with Gasteiger partial charge >= 0.3 is 5.97 Å². The first-order valence-electron chi connectivity index (χ1n) is 4.82. The average molecular weight is 184 g/mol.